The summed E-state index contributed by atoms with van der Waals surface area (Å²) in [4.78, 5) is 0. The van der Waals surface area contributed by atoms with E-state index in [-0.39, 0.29) is 0 Å². The zero-order chi connectivity index (χ0) is 9.80. The standard InChI is InChI=1S/C10H17N3S/c1-13-7-9(6-12-13)5-11-10-3-2-4-14-8-10/h6-7,10-11H,2-5,8H2,1H3/t10-/m0/s1. The van der Waals surface area contributed by atoms with Crippen LogP contribution in [0, 0.1) is 0 Å². The van der Waals surface area contributed by atoms with E-state index < -0.39 is 0 Å². The molecule has 1 aromatic heterocycles. The third kappa shape index (κ3) is 2.75. The maximum absolute atomic E-state index is 4.15. The second kappa shape index (κ2) is 4.84. The number of rotatable bonds is 3. The fourth-order valence-electron chi connectivity index (χ4n) is 1.73. The topological polar surface area (TPSA) is 29.9 Å². The first kappa shape index (κ1) is 10.1. The average Bonchev–Trinajstić information content (AvgIpc) is 2.63. The number of hydrogen-bond donors (Lipinski definition) is 1. The van der Waals surface area contributed by atoms with Crippen molar-refractivity contribution < 1.29 is 0 Å². The van der Waals surface area contributed by atoms with Crippen molar-refractivity contribution in [2.24, 2.45) is 7.05 Å². The predicted octanol–water partition coefficient (Wildman–Crippen LogP) is 1.41. The Labute approximate surface area is 89.3 Å². The molecule has 1 aromatic rings. The fourth-order valence-corrected chi connectivity index (χ4v) is 2.83. The molecule has 2 heterocycles. The third-order valence-electron chi connectivity index (χ3n) is 2.51. The highest BCUT2D eigenvalue weighted by atomic mass is 32.2. The Kier molecular flexibility index (Phi) is 3.48. The summed E-state index contributed by atoms with van der Waals surface area (Å²) < 4.78 is 1.85. The van der Waals surface area contributed by atoms with Crippen LogP contribution in [0.15, 0.2) is 12.4 Å². The lowest BCUT2D eigenvalue weighted by Crippen LogP contribution is -2.33. The number of aryl methyl sites for hydroxylation is 1. The maximum atomic E-state index is 4.15. The molecule has 0 radical (unpaired) electrons. The minimum Gasteiger partial charge on any atom is -0.309 e. The van der Waals surface area contributed by atoms with Gasteiger partial charge < -0.3 is 5.32 Å². The largest absolute Gasteiger partial charge is 0.309 e. The van der Waals surface area contributed by atoms with Crippen LogP contribution in [0.5, 0.6) is 0 Å². The molecule has 4 heteroatoms. The van der Waals surface area contributed by atoms with Crippen molar-refractivity contribution in [2.45, 2.75) is 25.4 Å². The molecular formula is C10H17N3S. The number of nitrogens with one attached hydrogen (secondary N) is 1. The molecule has 0 aromatic carbocycles. The van der Waals surface area contributed by atoms with E-state index in [0.717, 1.165) is 6.54 Å². The summed E-state index contributed by atoms with van der Waals surface area (Å²) in [6.07, 6.45) is 6.69. The van der Waals surface area contributed by atoms with E-state index in [0.29, 0.717) is 6.04 Å². The number of hydrogen-bond acceptors (Lipinski definition) is 3. The van der Waals surface area contributed by atoms with E-state index in [1.165, 1.54) is 29.9 Å². The molecule has 78 valence electrons. The second-order valence-corrected chi connectivity index (χ2v) is 4.97. The monoisotopic (exact) mass is 211 g/mol. The van der Waals surface area contributed by atoms with Gasteiger partial charge >= 0.3 is 0 Å². The summed E-state index contributed by atoms with van der Waals surface area (Å²) in [5, 5.41) is 7.73. The summed E-state index contributed by atoms with van der Waals surface area (Å²) in [7, 11) is 1.96. The predicted molar refractivity (Wildman–Crippen MR) is 60.4 cm³/mol. The SMILES string of the molecule is Cn1cc(CN[C@H]2CCCSC2)cn1. The molecule has 1 aliphatic heterocycles. The minimum atomic E-state index is 0.703. The van der Waals surface area contributed by atoms with Crippen LogP contribution in [-0.2, 0) is 13.6 Å². The van der Waals surface area contributed by atoms with Gasteiger partial charge in [0.15, 0.2) is 0 Å². The Morgan fingerprint density at radius 2 is 2.64 bits per heavy atom. The smallest absolute Gasteiger partial charge is 0.0534 e. The van der Waals surface area contributed by atoms with Crippen LogP contribution in [0.1, 0.15) is 18.4 Å². The molecule has 1 atom stereocenters. The van der Waals surface area contributed by atoms with Gasteiger partial charge in [0, 0.05) is 37.1 Å². The van der Waals surface area contributed by atoms with Gasteiger partial charge in [-0.3, -0.25) is 4.68 Å². The lowest BCUT2D eigenvalue weighted by atomic mass is 10.2. The van der Waals surface area contributed by atoms with Crippen LogP contribution in [0.2, 0.25) is 0 Å². The molecule has 0 amide bonds. The van der Waals surface area contributed by atoms with Crippen LogP contribution >= 0.6 is 11.8 Å². The highest BCUT2D eigenvalue weighted by molar-refractivity contribution is 7.99. The van der Waals surface area contributed by atoms with Crippen molar-refractivity contribution in [2.75, 3.05) is 11.5 Å². The van der Waals surface area contributed by atoms with E-state index >= 15 is 0 Å². The van der Waals surface area contributed by atoms with E-state index in [4.69, 9.17) is 0 Å². The van der Waals surface area contributed by atoms with Crippen LogP contribution in [-0.4, -0.2) is 27.3 Å². The van der Waals surface area contributed by atoms with E-state index in [1.54, 1.807) is 0 Å². The molecule has 0 unspecified atom stereocenters. The third-order valence-corrected chi connectivity index (χ3v) is 3.73. The van der Waals surface area contributed by atoms with Gasteiger partial charge in [0.2, 0.25) is 0 Å². The van der Waals surface area contributed by atoms with Gasteiger partial charge in [0.05, 0.1) is 6.20 Å². The molecule has 0 spiro atoms. The lowest BCUT2D eigenvalue weighted by molar-refractivity contribution is 0.507. The van der Waals surface area contributed by atoms with Gasteiger partial charge in [0.25, 0.3) is 0 Å². The zero-order valence-corrected chi connectivity index (χ0v) is 9.39. The van der Waals surface area contributed by atoms with Crippen molar-refractivity contribution in [3.8, 4) is 0 Å². The highest BCUT2D eigenvalue weighted by Gasteiger charge is 2.12. The van der Waals surface area contributed by atoms with Crippen LogP contribution in [0.25, 0.3) is 0 Å². The van der Waals surface area contributed by atoms with Crippen molar-refractivity contribution in [1.82, 2.24) is 15.1 Å². The average molecular weight is 211 g/mol. The number of nitrogens with zero attached hydrogens (tertiary/aromatic N) is 2. The van der Waals surface area contributed by atoms with Crippen LogP contribution in [0.3, 0.4) is 0 Å². The molecule has 2 rings (SSSR count). The molecule has 1 aliphatic rings. The minimum absolute atomic E-state index is 0.703. The normalized spacial score (nSPS) is 22.5. The molecule has 0 saturated carbocycles. The summed E-state index contributed by atoms with van der Waals surface area (Å²) in [6, 6.07) is 0.703. The molecule has 0 bridgehead atoms. The number of aromatic nitrogens is 2. The Balaban J connectivity index is 1.76. The van der Waals surface area contributed by atoms with E-state index in [9.17, 15) is 0 Å². The van der Waals surface area contributed by atoms with Gasteiger partial charge in [-0.2, -0.15) is 16.9 Å². The molecular weight excluding hydrogens is 194 g/mol. The Morgan fingerprint density at radius 1 is 1.71 bits per heavy atom. The van der Waals surface area contributed by atoms with Crippen LogP contribution in [0.4, 0.5) is 0 Å². The number of thioether (sulfide) groups is 1. The van der Waals surface area contributed by atoms with Crippen LogP contribution < -0.4 is 5.32 Å². The Morgan fingerprint density at radius 3 is 3.29 bits per heavy atom. The summed E-state index contributed by atoms with van der Waals surface area (Å²) >= 11 is 2.06. The summed E-state index contributed by atoms with van der Waals surface area (Å²) in [5.74, 6) is 2.60. The first-order valence-corrected chi connectivity index (χ1v) is 6.29. The maximum Gasteiger partial charge on any atom is 0.0534 e. The molecule has 1 fully saturated rings. The second-order valence-electron chi connectivity index (χ2n) is 3.82. The zero-order valence-electron chi connectivity index (χ0n) is 8.57. The first-order valence-electron chi connectivity index (χ1n) is 5.13. The van der Waals surface area contributed by atoms with Crippen molar-refractivity contribution >= 4 is 11.8 Å². The Hall–Kier alpha value is -0.480. The highest BCUT2D eigenvalue weighted by Crippen LogP contribution is 2.17. The van der Waals surface area contributed by atoms with Crippen molar-refractivity contribution in [3.63, 3.8) is 0 Å². The molecule has 14 heavy (non-hydrogen) atoms. The van der Waals surface area contributed by atoms with E-state index in [1.807, 2.05) is 17.9 Å². The van der Waals surface area contributed by atoms with E-state index in [2.05, 4.69) is 28.4 Å². The van der Waals surface area contributed by atoms with Crippen molar-refractivity contribution in [1.29, 1.82) is 0 Å². The Bertz CT molecular complexity index is 279. The van der Waals surface area contributed by atoms with Gasteiger partial charge in [-0.15, -0.1) is 0 Å². The fraction of sp³-hybridized carbons (Fsp3) is 0.700. The quantitative estimate of drug-likeness (QED) is 0.820. The van der Waals surface area contributed by atoms with Gasteiger partial charge in [0.1, 0.15) is 0 Å². The molecule has 1 N–H and O–H groups in total. The molecule has 1 saturated heterocycles. The first-order chi connectivity index (χ1) is 6.84. The summed E-state index contributed by atoms with van der Waals surface area (Å²) in [6.45, 7) is 0.957. The summed E-state index contributed by atoms with van der Waals surface area (Å²) in [5.41, 5.74) is 1.28. The molecule has 0 aliphatic carbocycles. The van der Waals surface area contributed by atoms with Crippen molar-refractivity contribution in [3.05, 3.63) is 18.0 Å². The molecule has 3 nitrogen and oxygen atoms in total. The lowest BCUT2D eigenvalue weighted by Gasteiger charge is -2.22. The van der Waals surface area contributed by atoms with Gasteiger partial charge in [-0.05, 0) is 18.6 Å². The van der Waals surface area contributed by atoms with Gasteiger partial charge in [-0.1, -0.05) is 0 Å². The van der Waals surface area contributed by atoms with Gasteiger partial charge in [-0.25, -0.2) is 0 Å².